The Morgan fingerprint density at radius 3 is 3.12 bits per heavy atom. The average Bonchev–Trinajstić information content (AvgIpc) is 2.86. The molecule has 1 aromatic rings. The van der Waals surface area contributed by atoms with Gasteiger partial charge >= 0.3 is 0 Å². The third kappa shape index (κ3) is 2.81. The van der Waals surface area contributed by atoms with Gasteiger partial charge in [0, 0.05) is 31.4 Å². The van der Waals surface area contributed by atoms with Crippen molar-refractivity contribution in [3.63, 3.8) is 0 Å². The Morgan fingerprint density at radius 1 is 1.53 bits per heavy atom. The summed E-state index contributed by atoms with van der Waals surface area (Å²) in [6.45, 7) is 9.53. The molecule has 1 fully saturated rings. The minimum atomic E-state index is 0.495. The number of anilines is 1. The second-order valence-electron chi connectivity index (χ2n) is 4.19. The van der Waals surface area contributed by atoms with E-state index in [0.717, 1.165) is 30.9 Å². The van der Waals surface area contributed by atoms with Gasteiger partial charge in [-0.25, -0.2) is 4.98 Å². The summed E-state index contributed by atoms with van der Waals surface area (Å²) >= 11 is 0. The lowest BCUT2D eigenvalue weighted by molar-refractivity contribution is 0.709. The first-order chi connectivity index (χ1) is 8.31. The summed E-state index contributed by atoms with van der Waals surface area (Å²) in [6, 6.07) is 6.01. The molecule has 2 rings (SSSR count). The Hall–Kier alpha value is -1.90. The van der Waals surface area contributed by atoms with Crippen LogP contribution in [0.25, 0.3) is 0 Å². The summed E-state index contributed by atoms with van der Waals surface area (Å²) < 4.78 is 0. The van der Waals surface area contributed by atoms with E-state index in [2.05, 4.69) is 28.2 Å². The zero-order chi connectivity index (χ0) is 12.1. The van der Waals surface area contributed by atoms with E-state index < -0.39 is 0 Å². The van der Waals surface area contributed by atoms with E-state index >= 15 is 0 Å². The van der Waals surface area contributed by atoms with Gasteiger partial charge in [-0.2, -0.15) is 0 Å². The van der Waals surface area contributed by atoms with Gasteiger partial charge in [-0.15, -0.1) is 0 Å². The third-order valence-electron chi connectivity index (χ3n) is 3.08. The van der Waals surface area contributed by atoms with Crippen molar-refractivity contribution in [2.24, 2.45) is 10.9 Å². The molecule has 0 amide bonds. The van der Waals surface area contributed by atoms with Crippen molar-refractivity contribution in [1.82, 2.24) is 4.98 Å². The van der Waals surface area contributed by atoms with Crippen LogP contribution in [0.4, 0.5) is 5.82 Å². The molecule has 0 aliphatic carbocycles. The molecular formula is C14H17N3. The Labute approximate surface area is 102 Å². The third-order valence-corrected chi connectivity index (χ3v) is 3.08. The Morgan fingerprint density at radius 2 is 2.41 bits per heavy atom. The smallest absolute Gasteiger partial charge is 0.128 e. The lowest BCUT2D eigenvalue weighted by Gasteiger charge is -2.17. The number of aliphatic imine (C=N–C) groups is 1. The molecule has 1 saturated heterocycles. The van der Waals surface area contributed by atoms with Crippen molar-refractivity contribution in [3.8, 4) is 0 Å². The maximum absolute atomic E-state index is 4.37. The van der Waals surface area contributed by atoms with Crippen molar-refractivity contribution >= 4 is 12.5 Å². The molecule has 3 nitrogen and oxygen atoms in total. The normalized spacial score (nSPS) is 19.8. The topological polar surface area (TPSA) is 28.5 Å². The first-order valence-electron chi connectivity index (χ1n) is 5.78. The van der Waals surface area contributed by atoms with Crippen LogP contribution in [0.5, 0.6) is 0 Å². The van der Waals surface area contributed by atoms with Gasteiger partial charge in [0.1, 0.15) is 5.82 Å². The number of allylic oxidation sites excluding steroid dienone is 1. The first-order valence-corrected chi connectivity index (χ1v) is 5.78. The number of aromatic nitrogens is 1. The first kappa shape index (κ1) is 11.6. The van der Waals surface area contributed by atoms with Crippen molar-refractivity contribution in [3.05, 3.63) is 48.8 Å². The number of hydrogen-bond donors (Lipinski definition) is 0. The summed E-state index contributed by atoms with van der Waals surface area (Å²) in [4.78, 5) is 10.4. The lowest BCUT2D eigenvalue weighted by atomic mass is 10.00. The molecule has 1 atom stereocenters. The predicted molar refractivity (Wildman–Crippen MR) is 72.4 cm³/mol. The number of hydrogen-bond acceptors (Lipinski definition) is 3. The van der Waals surface area contributed by atoms with Gasteiger partial charge in [-0.1, -0.05) is 12.6 Å². The van der Waals surface area contributed by atoms with Crippen LogP contribution in [-0.2, 0) is 0 Å². The highest BCUT2D eigenvalue weighted by molar-refractivity contribution is 5.40. The molecule has 1 aliphatic rings. The molecule has 0 bridgehead atoms. The van der Waals surface area contributed by atoms with E-state index in [1.165, 1.54) is 0 Å². The van der Waals surface area contributed by atoms with Gasteiger partial charge < -0.3 is 4.90 Å². The molecule has 0 saturated carbocycles. The maximum Gasteiger partial charge on any atom is 0.128 e. The van der Waals surface area contributed by atoms with Crippen LogP contribution in [0.1, 0.15) is 6.42 Å². The summed E-state index contributed by atoms with van der Waals surface area (Å²) in [6.07, 6.45) is 6.60. The second kappa shape index (κ2) is 5.43. The van der Waals surface area contributed by atoms with Crippen LogP contribution in [0.2, 0.25) is 0 Å². The van der Waals surface area contributed by atoms with Gasteiger partial charge in [0.25, 0.3) is 0 Å². The van der Waals surface area contributed by atoms with Crippen LogP contribution < -0.4 is 4.90 Å². The molecule has 0 spiro atoms. The van der Waals surface area contributed by atoms with E-state index in [1.807, 2.05) is 30.5 Å². The summed E-state index contributed by atoms with van der Waals surface area (Å²) in [7, 11) is 0. The van der Waals surface area contributed by atoms with Gasteiger partial charge in [0.2, 0.25) is 0 Å². The number of nitrogens with zero attached hydrogens (tertiary/aromatic N) is 3. The molecule has 1 aromatic heterocycles. The second-order valence-corrected chi connectivity index (χ2v) is 4.19. The Bertz CT molecular complexity index is 422. The monoisotopic (exact) mass is 227 g/mol. The molecule has 3 heteroatoms. The van der Waals surface area contributed by atoms with Crippen LogP contribution in [-0.4, -0.2) is 24.8 Å². The highest BCUT2D eigenvalue weighted by atomic mass is 15.2. The van der Waals surface area contributed by atoms with Crippen molar-refractivity contribution < 1.29 is 0 Å². The van der Waals surface area contributed by atoms with Crippen molar-refractivity contribution in [2.45, 2.75) is 6.42 Å². The quantitative estimate of drug-likeness (QED) is 0.584. The fourth-order valence-electron chi connectivity index (χ4n) is 2.10. The van der Waals surface area contributed by atoms with Crippen molar-refractivity contribution in [2.75, 3.05) is 18.0 Å². The highest BCUT2D eigenvalue weighted by Gasteiger charge is 2.24. The van der Waals surface area contributed by atoms with Gasteiger partial charge in [0.05, 0.1) is 0 Å². The average molecular weight is 227 g/mol. The lowest BCUT2D eigenvalue weighted by Crippen LogP contribution is -2.20. The fourth-order valence-corrected chi connectivity index (χ4v) is 2.10. The minimum absolute atomic E-state index is 0.495. The molecule has 88 valence electrons. The zero-order valence-electron chi connectivity index (χ0n) is 9.92. The van der Waals surface area contributed by atoms with E-state index in [0.29, 0.717) is 5.92 Å². The standard InChI is InChI=1S/C14H17N3/c1-12(6-9-15-2)13-7-10-17(11-13)14-5-3-4-8-16-14/h3-6,8-9,13H,1-2,7,10-11H2/b9-6-. The highest BCUT2D eigenvalue weighted by Crippen LogP contribution is 2.26. The van der Waals surface area contributed by atoms with Crippen LogP contribution >= 0.6 is 0 Å². The predicted octanol–water partition coefficient (Wildman–Crippen LogP) is 2.68. The van der Waals surface area contributed by atoms with E-state index in [9.17, 15) is 0 Å². The molecule has 0 radical (unpaired) electrons. The Kier molecular flexibility index (Phi) is 3.70. The molecule has 0 aromatic carbocycles. The Balaban J connectivity index is 1.98. The molecular weight excluding hydrogens is 210 g/mol. The summed E-state index contributed by atoms with van der Waals surface area (Å²) in [5.41, 5.74) is 1.12. The van der Waals surface area contributed by atoms with Crippen LogP contribution in [0.3, 0.4) is 0 Å². The van der Waals surface area contributed by atoms with Gasteiger partial charge in [-0.05, 0) is 36.9 Å². The number of pyridine rings is 1. The molecule has 1 aliphatic heterocycles. The van der Waals surface area contributed by atoms with Crippen LogP contribution in [0.15, 0.2) is 53.8 Å². The summed E-state index contributed by atoms with van der Waals surface area (Å²) in [5, 5.41) is 0. The molecule has 17 heavy (non-hydrogen) atoms. The largest absolute Gasteiger partial charge is 0.356 e. The van der Waals surface area contributed by atoms with Gasteiger partial charge in [0.15, 0.2) is 0 Å². The van der Waals surface area contributed by atoms with E-state index in [1.54, 1.807) is 6.20 Å². The summed E-state index contributed by atoms with van der Waals surface area (Å²) in [5.74, 6) is 1.55. The van der Waals surface area contributed by atoms with Crippen molar-refractivity contribution in [1.29, 1.82) is 0 Å². The molecule has 0 N–H and O–H groups in total. The number of rotatable bonds is 4. The van der Waals surface area contributed by atoms with E-state index in [4.69, 9.17) is 0 Å². The zero-order valence-corrected chi connectivity index (χ0v) is 9.92. The minimum Gasteiger partial charge on any atom is -0.356 e. The fraction of sp³-hybridized carbons (Fsp3) is 0.286. The SMILES string of the molecule is C=N/C=C\C(=C)C1CCN(c2ccccn2)C1. The maximum atomic E-state index is 4.37. The van der Waals surface area contributed by atoms with E-state index in [-0.39, 0.29) is 0 Å². The van der Waals surface area contributed by atoms with Crippen LogP contribution in [0, 0.1) is 5.92 Å². The van der Waals surface area contributed by atoms with Gasteiger partial charge in [-0.3, -0.25) is 4.99 Å². The molecule has 2 heterocycles. The molecule has 1 unspecified atom stereocenters.